The molecule has 0 fully saturated rings. The molecule has 15 heteroatoms. The molecule has 1 aliphatic heterocycles. The number of aromatic nitrogens is 6. The maximum absolute atomic E-state index is 13.8. The first-order chi connectivity index (χ1) is 21.2. The van der Waals surface area contributed by atoms with Gasteiger partial charge in [0.15, 0.2) is 0 Å². The molecule has 44 heavy (non-hydrogen) atoms. The number of hydrogen-bond donors (Lipinski definition) is 1. The molecule has 0 bridgehead atoms. The Morgan fingerprint density at radius 2 is 1.93 bits per heavy atom. The summed E-state index contributed by atoms with van der Waals surface area (Å²) in [6.45, 7) is 2.67. The fraction of sp³-hybridized carbons (Fsp3) is 0.379. The molecule has 1 aromatic carbocycles. The summed E-state index contributed by atoms with van der Waals surface area (Å²) >= 11 is 0. The van der Waals surface area contributed by atoms with E-state index < -0.39 is 30.5 Å². The van der Waals surface area contributed by atoms with E-state index in [4.69, 9.17) is 14.5 Å². The molecule has 1 aliphatic rings. The smallest absolute Gasteiger partial charge is 0.416 e. The maximum atomic E-state index is 13.8. The van der Waals surface area contributed by atoms with Crippen molar-refractivity contribution < 1.29 is 31.8 Å². The van der Waals surface area contributed by atoms with E-state index in [-0.39, 0.29) is 36.2 Å². The van der Waals surface area contributed by atoms with Crippen LogP contribution in [0.15, 0.2) is 48.7 Å². The number of fused-ring (bicyclic) bond motifs is 1. The molecule has 4 aromatic rings. The largest absolute Gasteiger partial charge is 0.481 e. The number of hydrogen-bond acceptors (Lipinski definition) is 9. The highest BCUT2D eigenvalue weighted by Gasteiger charge is 2.41. The van der Waals surface area contributed by atoms with Crippen molar-refractivity contribution in [2.24, 2.45) is 0 Å². The SMILES string of the molecule is CCOC(=O)N1c2ccc(OC)nc2C(N(Cc2cc(CF)cc(C(F)(F)F)c2)c2ccc(-c3nn[nH]n3)cn2)CC1CC. The van der Waals surface area contributed by atoms with Crippen LogP contribution >= 0.6 is 0 Å². The van der Waals surface area contributed by atoms with Crippen molar-refractivity contribution in [1.82, 2.24) is 30.6 Å². The van der Waals surface area contributed by atoms with Gasteiger partial charge in [-0.2, -0.15) is 18.4 Å². The lowest BCUT2D eigenvalue weighted by Crippen LogP contribution is -2.48. The molecule has 0 saturated carbocycles. The van der Waals surface area contributed by atoms with E-state index in [0.29, 0.717) is 41.4 Å². The first kappa shape index (κ1) is 30.6. The molecule has 1 N–H and O–H groups in total. The molecular weight excluding hydrogens is 584 g/mol. The molecule has 0 radical (unpaired) electrons. The molecular formula is C29H30F4N8O3. The zero-order valence-electron chi connectivity index (χ0n) is 24.2. The Kier molecular flexibility index (Phi) is 8.92. The van der Waals surface area contributed by atoms with Crippen LogP contribution in [0.5, 0.6) is 5.88 Å². The Bertz CT molecular complexity index is 1580. The number of alkyl halides is 4. The van der Waals surface area contributed by atoms with Crippen molar-refractivity contribution in [3.8, 4) is 17.3 Å². The average molecular weight is 615 g/mol. The number of pyridine rings is 2. The summed E-state index contributed by atoms with van der Waals surface area (Å²) in [4.78, 5) is 25.8. The van der Waals surface area contributed by atoms with E-state index in [9.17, 15) is 22.4 Å². The van der Waals surface area contributed by atoms with Gasteiger partial charge in [0, 0.05) is 30.4 Å². The molecule has 232 valence electrons. The number of methoxy groups -OCH3 is 1. The van der Waals surface area contributed by atoms with Crippen LogP contribution < -0.4 is 14.5 Å². The maximum Gasteiger partial charge on any atom is 0.416 e. The second-order valence-electron chi connectivity index (χ2n) is 10.1. The summed E-state index contributed by atoms with van der Waals surface area (Å²) in [6, 6.07) is 9.03. The molecule has 11 nitrogen and oxygen atoms in total. The van der Waals surface area contributed by atoms with Gasteiger partial charge in [-0.1, -0.05) is 13.0 Å². The van der Waals surface area contributed by atoms with Gasteiger partial charge in [0.1, 0.15) is 12.5 Å². The van der Waals surface area contributed by atoms with Crippen molar-refractivity contribution in [2.75, 3.05) is 23.5 Å². The minimum atomic E-state index is -4.67. The highest BCUT2D eigenvalue weighted by molar-refractivity contribution is 5.90. The normalized spacial score (nSPS) is 16.4. The quantitative estimate of drug-likeness (QED) is 0.225. The Hall–Kier alpha value is -4.82. The number of H-pyrrole nitrogens is 1. The Balaban J connectivity index is 1.66. The topological polar surface area (TPSA) is 122 Å². The lowest BCUT2D eigenvalue weighted by Gasteiger charge is -2.43. The Labute approximate surface area is 250 Å². The van der Waals surface area contributed by atoms with Crippen LogP contribution in [-0.2, 0) is 24.1 Å². The van der Waals surface area contributed by atoms with E-state index >= 15 is 0 Å². The van der Waals surface area contributed by atoms with E-state index in [1.54, 1.807) is 41.0 Å². The highest BCUT2D eigenvalue weighted by atomic mass is 19.4. The van der Waals surface area contributed by atoms with Crippen LogP contribution in [0.1, 0.15) is 55.1 Å². The third-order valence-corrected chi connectivity index (χ3v) is 7.37. The van der Waals surface area contributed by atoms with E-state index in [1.165, 1.54) is 19.4 Å². The molecule has 1 amide bonds. The summed E-state index contributed by atoms with van der Waals surface area (Å²) in [6.07, 6.45) is -2.79. The molecule has 2 atom stereocenters. The number of nitrogens with one attached hydrogen (secondary N) is 1. The minimum absolute atomic E-state index is 0.0791. The van der Waals surface area contributed by atoms with Gasteiger partial charge in [0.05, 0.1) is 36.7 Å². The molecule has 0 spiro atoms. The number of tetrazole rings is 1. The summed E-state index contributed by atoms with van der Waals surface area (Å²) in [5, 5.41) is 13.9. The monoisotopic (exact) mass is 614 g/mol. The fourth-order valence-electron chi connectivity index (χ4n) is 5.36. The Morgan fingerprint density at radius 3 is 2.55 bits per heavy atom. The van der Waals surface area contributed by atoms with Gasteiger partial charge in [-0.05, 0) is 66.4 Å². The third-order valence-electron chi connectivity index (χ3n) is 7.37. The van der Waals surface area contributed by atoms with Gasteiger partial charge in [-0.25, -0.2) is 19.2 Å². The second-order valence-corrected chi connectivity index (χ2v) is 10.1. The lowest BCUT2D eigenvalue weighted by atomic mass is 9.91. The number of aromatic amines is 1. The highest BCUT2D eigenvalue weighted by Crippen LogP contribution is 2.44. The molecule has 0 aliphatic carbocycles. The van der Waals surface area contributed by atoms with Gasteiger partial charge in [-0.3, -0.25) is 4.90 Å². The summed E-state index contributed by atoms with van der Waals surface area (Å²) in [5.74, 6) is 0.995. The van der Waals surface area contributed by atoms with Crippen molar-refractivity contribution in [2.45, 2.75) is 58.2 Å². The summed E-state index contributed by atoms with van der Waals surface area (Å²) < 4.78 is 65.9. The van der Waals surface area contributed by atoms with Crippen LogP contribution in [0, 0.1) is 0 Å². The number of ether oxygens (including phenoxy) is 2. The number of benzene rings is 1. The molecule has 5 rings (SSSR count). The third kappa shape index (κ3) is 6.26. The van der Waals surface area contributed by atoms with Crippen LogP contribution in [0.2, 0.25) is 0 Å². The fourth-order valence-corrected chi connectivity index (χ4v) is 5.36. The summed E-state index contributed by atoms with van der Waals surface area (Å²) in [7, 11) is 1.46. The van der Waals surface area contributed by atoms with Crippen molar-refractivity contribution in [3.63, 3.8) is 0 Å². The van der Waals surface area contributed by atoms with Crippen LogP contribution in [0.4, 0.5) is 33.9 Å². The minimum Gasteiger partial charge on any atom is -0.481 e. The predicted octanol–water partition coefficient (Wildman–Crippen LogP) is 6.05. The Morgan fingerprint density at radius 1 is 1.14 bits per heavy atom. The second kappa shape index (κ2) is 12.8. The predicted molar refractivity (Wildman–Crippen MR) is 152 cm³/mol. The zero-order valence-corrected chi connectivity index (χ0v) is 24.2. The van der Waals surface area contributed by atoms with Crippen LogP contribution in [0.25, 0.3) is 11.4 Å². The number of anilines is 2. The number of carbonyl (C=O) groups is 1. The van der Waals surface area contributed by atoms with Crippen molar-refractivity contribution in [3.05, 3.63) is 71.0 Å². The van der Waals surface area contributed by atoms with Gasteiger partial charge < -0.3 is 14.4 Å². The van der Waals surface area contributed by atoms with Crippen LogP contribution in [-0.4, -0.2) is 56.4 Å². The van der Waals surface area contributed by atoms with Crippen LogP contribution in [0.3, 0.4) is 0 Å². The molecule has 0 saturated heterocycles. The van der Waals surface area contributed by atoms with E-state index in [2.05, 4.69) is 25.6 Å². The molecule has 2 unspecified atom stereocenters. The van der Waals surface area contributed by atoms with Gasteiger partial charge in [0.25, 0.3) is 0 Å². The number of halogens is 4. The first-order valence-electron chi connectivity index (χ1n) is 13.9. The molecule has 4 heterocycles. The lowest BCUT2D eigenvalue weighted by molar-refractivity contribution is -0.137. The first-order valence-corrected chi connectivity index (χ1v) is 13.9. The number of carbonyl (C=O) groups excluding carboxylic acids is 1. The average Bonchev–Trinajstić information content (AvgIpc) is 3.57. The van der Waals surface area contributed by atoms with E-state index in [0.717, 1.165) is 12.1 Å². The van der Waals surface area contributed by atoms with Crippen molar-refractivity contribution in [1.29, 1.82) is 0 Å². The number of rotatable bonds is 9. The zero-order chi connectivity index (χ0) is 31.4. The summed E-state index contributed by atoms with van der Waals surface area (Å²) in [5.41, 5.74) is 0.663. The van der Waals surface area contributed by atoms with Gasteiger partial charge >= 0.3 is 12.3 Å². The van der Waals surface area contributed by atoms with Gasteiger partial charge in [-0.15, -0.1) is 10.2 Å². The van der Waals surface area contributed by atoms with E-state index in [1.807, 2.05) is 6.92 Å². The van der Waals surface area contributed by atoms with Gasteiger partial charge in [0.2, 0.25) is 11.7 Å². The molecule has 3 aromatic heterocycles. The standard InChI is InChI=1S/C29H30F4N8O3/c1-4-21-13-23(26-22(7-9-25(35-26)43-3)41(21)28(42)44-5-2)40(24-8-6-19(15-34-24)27-36-38-39-37-27)16-18-10-17(14-30)11-20(12-18)29(31,32)33/h6-12,15,21,23H,4-5,13-14,16H2,1-3H3,(H,36,37,38,39). The number of amides is 1. The van der Waals surface area contributed by atoms with Crippen molar-refractivity contribution >= 4 is 17.6 Å². The number of nitrogens with zero attached hydrogens (tertiary/aromatic N) is 7.